The summed E-state index contributed by atoms with van der Waals surface area (Å²) in [7, 11) is 0. The molecule has 0 aliphatic rings. The number of carbonyl (C=O) groups excluding carboxylic acids is 1. The molecule has 0 aliphatic carbocycles. The minimum atomic E-state index is -0.258. The topological polar surface area (TPSA) is 29.1 Å². The number of carbonyl (C=O) groups is 1. The molecule has 0 unspecified atom stereocenters. The van der Waals surface area contributed by atoms with Crippen molar-refractivity contribution in [3.8, 4) is 0 Å². The van der Waals surface area contributed by atoms with Crippen LogP contribution in [0.5, 0.6) is 0 Å². The van der Waals surface area contributed by atoms with Gasteiger partial charge in [-0.3, -0.25) is 4.79 Å². The maximum atomic E-state index is 11.8. The molecule has 17 heavy (non-hydrogen) atoms. The average molecular weight is 307 g/mol. The molecule has 6 heteroatoms. The van der Waals surface area contributed by atoms with Crippen molar-refractivity contribution < 1.29 is 4.79 Å². The third-order valence-corrected chi connectivity index (χ3v) is 4.05. The Morgan fingerprint density at radius 2 is 1.88 bits per heavy atom. The maximum absolute atomic E-state index is 11.8. The summed E-state index contributed by atoms with van der Waals surface area (Å²) in [6, 6.07) is 8.37. The molecule has 1 aromatic heterocycles. The minimum absolute atomic E-state index is 0.258. The lowest BCUT2D eigenvalue weighted by Crippen LogP contribution is -2.10. The third-order valence-electron chi connectivity index (χ3n) is 2.00. The van der Waals surface area contributed by atoms with Crippen molar-refractivity contribution in [1.82, 2.24) is 0 Å². The SMILES string of the molecule is O=C(Nc1cccc(Cl)c1Cl)c1ccc(Cl)s1. The van der Waals surface area contributed by atoms with Crippen LogP contribution in [0, 0.1) is 0 Å². The van der Waals surface area contributed by atoms with Crippen LogP contribution in [0.3, 0.4) is 0 Å². The predicted octanol–water partition coefficient (Wildman–Crippen LogP) is 4.96. The van der Waals surface area contributed by atoms with E-state index in [1.807, 2.05) is 0 Å². The van der Waals surface area contributed by atoms with Gasteiger partial charge in [-0.2, -0.15) is 0 Å². The Labute approximate surface area is 117 Å². The van der Waals surface area contributed by atoms with Crippen molar-refractivity contribution in [3.05, 3.63) is 49.6 Å². The molecule has 0 bridgehead atoms. The van der Waals surface area contributed by atoms with Crippen LogP contribution in [0.25, 0.3) is 0 Å². The summed E-state index contributed by atoms with van der Waals surface area (Å²) in [5.41, 5.74) is 0.480. The Balaban J connectivity index is 2.21. The lowest BCUT2D eigenvalue weighted by atomic mass is 10.3. The zero-order valence-corrected chi connectivity index (χ0v) is 11.4. The molecule has 0 saturated heterocycles. The molecule has 1 heterocycles. The van der Waals surface area contributed by atoms with E-state index < -0.39 is 0 Å². The lowest BCUT2D eigenvalue weighted by Gasteiger charge is -2.06. The minimum Gasteiger partial charge on any atom is -0.320 e. The van der Waals surface area contributed by atoms with Crippen LogP contribution in [0.1, 0.15) is 9.67 Å². The fraction of sp³-hybridized carbons (Fsp3) is 0. The number of hydrogen-bond donors (Lipinski definition) is 1. The molecule has 0 aliphatic heterocycles. The molecule has 0 atom stereocenters. The number of nitrogens with one attached hydrogen (secondary N) is 1. The fourth-order valence-electron chi connectivity index (χ4n) is 1.22. The van der Waals surface area contributed by atoms with Crippen molar-refractivity contribution >= 4 is 57.7 Å². The van der Waals surface area contributed by atoms with Crippen molar-refractivity contribution in [2.75, 3.05) is 5.32 Å². The van der Waals surface area contributed by atoms with Gasteiger partial charge in [0.05, 0.1) is 24.9 Å². The smallest absolute Gasteiger partial charge is 0.265 e. The maximum Gasteiger partial charge on any atom is 0.265 e. The Morgan fingerprint density at radius 1 is 1.12 bits per heavy atom. The molecule has 2 aromatic rings. The monoisotopic (exact) mass is 305 g/mol. The summed E-state index contributed by atoms with van der Waals surface area (Å²) >= 11 is 18.8. The molecule has 1 aromatic carbocycles. The van der Waals surface area contributed by atoms with Gasteiger partial charge >= 0.3 is 0 Å². The Bertz CT molecular complexity index is 568. The van der Waals surface area contributed by atoms with E-state index in [0.717, 1.165) is 0 Å². The van der Waals surface area contributed by atoms with Gasteiger partial charge in [0.15, 0.2) is 0 Å². The zero-order chi connectivity index (χ0) is 12.4. The molecule has 2 nitrogen and oxygen atoms in total. The second-order valence-electron chi connectivity index (χ2n) is 3.16. The van der Waals surface area contributed by atoms with E-state index in [1.165, 1.54) is 11.3 Å². The quantitative estimate of drug-likeness (QED) is 0.834. The van der Waals surface area contributed by atoms with E-state index >= 15 is 0 Å². The first-order valence-electron chi connectivity index (χ1n) is 4.58. The number of thiophene rings is 1. The van der Waals surface area contributed by atoms with Gasteiger partial charge in [0, 0.05) is 0 Å². The predicted molar refractivity (Wildman–Crippen MR) is 73.7 cm³/mol. The molecule has 1 amide bonds. The molecule has 2 rings (SSSR count). The molecule has 0 saturated carbocycles. The van der Waals surface area contributed by atoms with Crippen LogP contribution in [-0.2, 0) is 0 Å². The summed E-state index contributed by atoms with van der Waals surface area (Å²) in [5.74, 6) is -0.258. The highest BCUT2D eigenvalue weighted by molar-refractivity contribution is 7.18. The van der Waals surface area contributed by atoms with Crippen molar-refractivity contribution in [3.63, 3.8) is 0 Å². The molecule has 0 fully saturated rings. The summed E-state index contributed by atoms with van der Waals surface area (Å²) < 4.78 is 0.562. The number of anilines is 1. The largest absolute Gasteiger partial charge is 0.320 e. The average Bonchev–Trinajstić information content (AvgIpc) is 2.72. The van der Waals surface area contributed by atoms with Gasteiger partial charge in [0.1, 0.15) is 0 Å². The first-order valence-corrected chi connectivity index (χ1v) is 6.53. The van der Waals surface area contributed by atoms with E-state index in [0.29, 0.717) is 24.9 Å². The van der Waals surface area contributed by atoms with Crippen LogP contribution in [0.4, 0.5) is 5.69 Å². The van der Waals surface area contributed by atoms with Gasteiger partial charge in [0.2, 0.25) is 0 Å². The number of amides is 1. The van der Waals surface area contributed by atoms with Crippen LogP contribution >= 0.6 is 46.1 Å². The normalized spacial score (nSPS) is 10.3. The van der Waals surface area contributed by atoms with Gasteiger partial charge in [-0.15, -0.1) is 11.3 Å². The van der Waals surface area contributed by atoms with E-state index in [9.17, 15) is 4.79 Å². The Morgan fingerprint density at radius 3 is 2.53 bits per heavy atom. The molecule has 88 valence electrons. The highest BCUT2D eigenvalue weighted by Gasteiger charge is 2.11. The van der Waals surface area contributed by atoms with E-state index in [-0.39, 0.29) is 5.91 Å². The molecule has 0 spiro atoms. The van der Waals surface area contributed by atoms with Gasteiger partial charge in [-0.25, -0.2) is 0 Å². The van der Waals surface area contributed by atoms with Crippen LogP contribution in [0.2, 0.25) is 14.4 Å². The lowest BCUT2D eigenvalue weighted by molar-refractivity contribution is 0.103. The van der Waals surface area contributed by atoms with Crippen LogP contribution in [-0.4, -0.2) is 5.91 Å². The first-order chi connectivity index (χ1) is 8.08. The van der Waals surface area contributed by atoms with Crippen LogP contribution in [0.15, 0.2) is 30.3 Å². The van der Waals surface area contributed by atoms with Crippen molar-refractivity contribution in [2.24, 2.45) is 0 Å². The number of rotatable bonds is 2. The number of halogens is 3. The second-order valence-corrected chi connectivity index (χ2v) is 5.66. The van der Waals surface area contributed by atoms with Gasteiger partial charge in [0.25, 0.3) is 5.91 Å². The standard InChI is InChI=1S/C11H6Cl3NOS/c12-6-2-1-3-7(10(6)14)15-11(16)8-4-5-9(13)17-8/h1-5H,(H,15,16). The molecule has 0 radical (unpaired) electrons. The summed E-state index contributed by atoms with van der Waals surface area (Å²) in [5, 5.41) is 3.40. The highest BCUT2D eigenvalue weighted by atomic mass is 35.5. The third kappa shape index (κ3) is 2.93. The number of hydrogen-bond acceptors (Lipinski definition) is 2. The molecular formula is C11H6Cl3NOS. The number of benzene rings is 1. The Kier molecular flexibility index (Phi) is 3.94. The summed E-state index contributed by atoms with van der Waals surface area (Å²) in [6.07, 6.45) is 0. The highest BCUT2D eigenvalue weighted by Crippen LogP contribution is 2.30. The Hall–Kier alpha value is -0.740. The molecule has 1 N–H and O–H groups in total. The first kappa shape index (κ1) is 12.7. The van der Waals surface area contributed by atoms with Crippen LogP contribution < -0.4 is 5.32 Å². The zero-order valence-electron chi connectivity index (χ0n) is 8.34. The van der Waals surface area contributed by atoms with Crippen molar-refractivity contribution in [1.29, 1.82) is 0 Å². The summed E-state index contributed by atoms with van der Waals surface area (Å²) in [4.78, 5) is 12.3. The molecular weight excluding hydrogens is 301 g/mol. The van der Waals surface area contributed by atoms with E-state index in [2.05, 4.69) is 5.32 Å². The van der Waals surface area contributed by atoms with E-state index in [4.69, 9.17) is 34.8 Å². The van der Waals surface area contributed by atoms with Gasteiger partial charge in [-0.05, 0) is 24.3 Å². The second kappa shape index (κ2) is 5.27. The van der Waals surface area contributed by atoms with Gasteiger partial charge in [-0.1, -0.05) is 40.9 Å². The van der Waals surface area contributed by atoms with Crippen molar-refractivity contribution in [2.45, 2.75) is 0 Å². The fourth-order valence-corrected chi connectivity index (χ4v) is 2.51. The van der Waals surface area contributed by atoms with E-state index in [1.54, 1.807) is 30.3 Å². The van der Waals surface area contributed by atoms with Gasteiger partial charge < -0.3 is 5.32 Å². The summed E-state index contributed by atoms with van der Waals surface area (Å²) in [6.45, 7) is 0.